The fourth-order valence-corrected chi connectivity index (χ4v) is 5.13. The summed E-state index contributed by atoms with van der Waals surface area (Å²) in [4.78, 5) is 1.41. The fraction of sp³-hybridized carbons (Fsp3) is 0.333. The number of hydrogen-bond donors (Lipinski definition) is 1. The maximum Gasteiger partial charge on any atom is 0.129 e. The molecule has 0 radical (unpaired) electrons. The Hall–Kier alpha value is -1.91. The van der Waals surface area contributed by atoms with Gasteiger partial charge in [-0.15, -0.1) is 11.8 Å². The largest absolute Gasteiger partial charge is 0.488 e. The molecule has 1 N–H and O–H groups in total. The van der Waals surface area contributed by atoms with Crippen LogP contribution in [-0.2, 0) is 26.0 Å². The Kier molecular flexibility index (Phi) is 3.95. The number of thioether (sulfide) groups is 1. The first-order valence-corrected chi connectivity index (χ1v) is 10.1. The minimum atomic E-state index is 0.626. The van der Waals surface area contributed by atoms with Crippen molar-refractivity contribution in [2.45, 2.75) is 30.9 Å². The monoisotopic (exact) mass is 350 g/mol. The van der Waals surface area contributed by atoms with E-state index in [1.54, 1.807) is 0 Å². The second-order valence-corrected chi connectivity index (χ2v) is 7.87. The lowest BCUT2D eigenvalue weighted by atomic mass is 10.1. The number of aryl methyl sites for hydroxylation is 1. The van der Waals surface area contributed by atoms with E-state index in [1.165, 1.54) is 38.4 Å². The van der Waals surface area contributed by atoms with Crippen LogP contribution in [0.2, 0.25) is 0 Å². The molecule has 0 aliphatic carbocycles. The minimum absolute atomic E-state index is 0.626. The van der Waals surface area contributed by atoms with Gasteiger partial charge in [-0.1, -0.05) is 30.3 Å². The van der Waals surface area contributed by atoms with Crippen molar-refractivity contribution in [1.82, 2.24) is 9.88 Å². The highest BCUT2D eigenvalue weighted by atomic mass is 32.2. The maximum atomic E-state index is 6.31. The van der Waals surface area contributed by atoms with Gasteiger partial charge in [0.15, 0.2) is 0 Å². The lowest BCUT2D eigenvalue weighted by Gasteiger charge is -2.18. The average Bonchev–Trinajstić information content (AvgIpc) is 2.83. The minimum Gasteiger partial charge on any atom is -0.488 e. The molecule has 0 amide bonds. The molecular formula is C21H22N2OS. The molecule has 0 spiro atoms. The lowest BCUT2D eigenvalue weighted by molar-refractivity contribution is 0.310. The highest BCUT2D eigenvalue weighted by molar-refractivity contribution is 7.99. The van der Waals surface area contributed by atoms with Gasteiger partial charge < -0.3 is 14.6 Å². The van der Waals surface area contributed by atoms with Gasteiger partial charge in [-0.2, -0.15) is 0 Å². The molecule has 3 heterocycles. The van der Waals surface area contributed by atoms with Gasteiger partial charge in [0.1, 0.15) is 12.4 Å². The number of hydrogen-bond acceptors (Lipinski definition) is 3. The fourth-order valence-electron chi connectivity index (χ4n) is 4.12. The third-order valence-corrected chi connectivity index (χ3v) is 6.28. The van der Waals surface area contributed by atoms with Crippen molar-refractivity contribution in [3.8, 4) is 5.75 Å². The molecule has 25 heavy (non-hydrogen) atoms. The van der Waals surface area contributed by atoms with Crippen LogP contribution in [-0.4, -0.2) is 23.4 Å². The Bertz CT molecular complexity index is 917. The SMILES string of the molecule is c1ccc(COc2ccc3c4c2c2c(n4CCS3)CCNCC2)cc1. The van der Waals surface area contributed by atoms with Crippen LogP contribution in [0.25, 0.3) is 10.9 Å². The molecule has 0 atom stereocenters. The van der Waals surface area contributed by atoms with E-state index >= 15 is 0 Å². The summed E-state index contributed by atoms with van der Waals surface area (Å²) >= 11 is 1.98. The maximum absolute atomic E-state index is 6.31. The van der Waals surface area contributed by atoms with Crippen molar-refractivity contribution in [3.05, 3.63) is 59.3 Å². The first-order chi connectivity index (χ1) is 12.4. The van der Waals surface area contributed by atoms with Crippen molar-refractivity contribution < 1.29 is 4.74 Å². The van der Waals surface area contributed by atoms with E-state index < -0.39 is 0 Å². The molecule has 3 aromatic rings. The Morgan fingerprint density at radius 3 is 2.84 bits per heavy atom. The first-order valence-electron chi connectivity index (χ1n) is 9.09. The van der Waals surface area contributed by atoms with Crippen molar-refractivity contribution in [2.75, 3.05) is 18.8 Å². The van der Waals surface area contributed by atoms with Gasteiger partial charge in [0.25, 0.3) is 0 Å². The van der Waals surface area contributed by atoms with E-state index in [1.807, 2.05) is 17.8 Å². The summed E-state index contributed by atoms with van der Waals surface area (Å²) in [5.41, 5.74) is 5.66. The molecule has 0 fully saturated rings. The smallest absolute Gasteiger partial charge is 0.129 e. The molecule has 0 saturated heterocycles. The predicted molar refractivity (Wildman–Crippen MR) is 104 cm³/mol. The molecule has 2 aromatic carbocycles. The Balaban J connectivity index is 1.62. The summed E-state index contributed by atoms with van der Waals surface area (Å²) in [6, 6.07) is 14.9. The predicted octanol–water partition coefficient (Wildman–Crippen LogP) is 4.01. The van der Waals surface area contributed by atoms with Gasteiger partial charge in [0.2, 0.25) is 0 Å². The second kappa shape index (κ2) is 6.43. The van der Waals surface area contributed by atoms with Crippen molar-refractivity contribution in [3.63, 3.8) is 0 Å². The Morgan fingerprint density at radius 2 is 1.92 bits per heavy atom. The number of fused-ring (bicyclic) bond motifs is 3. The summed E-state index contributed by atoms with van der Waals surface area (Å²) in [5.74, 6) is 2.21. The topological polar surface area (TPSA) is 26.2 Å². The van der Waals surface area contributed by atoms with E-state index in [-0.39, 0.29) is 0 Å². The zero-order valence-electron chi connectivity index (χ0n) is 14.3. The highest BCUT2D eigenvalue weighted by Gasteiger charge is 2.25. The van der Waals surface area contributed by atoms with E-state index in [0.717, 1.165) is 38.2 Å². The van der Waals surface area contributed by atoms with Crippen LogP contribution in [0.15, 0.2) is 47.4 Å². The summed E-state index contributed by atoms with van der Waals surface area (Å²) < 4.78 is 8.87. The molecule has 0 saturated carbocycles. The standard InChI is InChI=1S/C21H22N2OS/c1-2-4-15(5-3-1)14-24-18-6-7-19-21-20(18)16-8-10-22-11-9-17(16)23(21)12-13-25-19/h1-7,22H,8-14H2. The van der Waals surface area contributed by atoms with Crippen LogP contribution in [0.3, 0.4) is 0 Å². The molecule has 3 nitrogen and oxygen atoms in total. The quantitative estimate of drug-likeness (QED) is 0.773. The summed E-state index contributed by atoms with van der Waals surface area (Å²) in [5, 5.41) is 4.91. The van der Waals surface area contributed by atoms with E-state index in [2.05, 4.69) is 46.3 Å². The molecule has 1 aromatic heterocycles. The number of nitrogens with one attached hydrogen (secondary N) is 1. The normalized spacial score (nSPS) is 16.5. The van der Waals surface area contributed by atoms with Crippen molar-refractivity contribution in [2.24, 2.45) is 0 Å². The lowest BCUT2D eigenvalue weighted by Crippen LogP contribution is -2.18. The van der Waals surface area contributed by atoms with E-state index in [0.29, 0.717) is 6.61 Å². The number of nitrogens with zero attached hydrogens (tertiary/aromatic N) is 1. The molecule has 2 aliphatic rings. The highest BCUT2D eigenvalue weighted by Crippen LogP contribution is 2.43. The van der Waals surface area contributed by atoms with E-state index in [9.17, 15) is 0 Å². The average molecular weight is 350 g/mol. The summed E-state index contributed by atoms with van der Waals surface area (Å²) in [6.45, 7) is 3.87. The number of benzene rings is 2. The van der Waals surface area contributed by atoms with Gasteiger partial charge in [-0.3, -0.25) is 0 Å². The summed E-state index contributed by atoms with van der Waals surface area (Å²) in [7, 11) is 0. The summed E-state index contributed by atoms with van der Waals surface area (Å²) in [6.07, 6.45) is 2.21. The first kappa shape index (κ1) is 15.4. The molecule has 2 aliphatic heterocycles. The van der Waals surface area contributed by atoms with Crippen LogP contribution in [0.4, 0.5) is 0 Å². The number of rotatable bonds is 3. The third kappa shape index (κ3) is 2.64. The molecule has 0 bridgehead atoms. The van der Waals surface area contributed by atoms with Crippen LogP contribution >= 0.6 is 11.8 Å². The van der Waals surface area contributed by atoms with Gasteiger partial charge >= 0.3 is 0 Å². The Morgan fingerprint density at radius 1 is 1.04 bits per heavy atom. The van der Waals surface area contributed by atoms with Crippen LogP contribution < -0.4 is 10.1 Å². The van der Waals surface area contributed by atoms with Crippen LogP contribution in [0.5, 0.6) is 5.75 Å². The van der Waals surface area contributed by atoms with Gasteiger partial charge in [0.05, 0.1) is 5.52 Å². The van der Waals surface area contributed by atoms with Gasteiger partial charge in [-0.05, 0) is 36.2 Å². The number of ether oxygens (including phenoxy) is 1. The zero-order valence-corrected chi connectivity index (χ0v) is 15.1. The van der Waals surface area contributed by atoms with Crippen LogP contribution in [0.1, 0.15) is 16.8 Å². The molecule has 0 unspecified atom stereocenters. The van der Waals surface area contributed by atoms with Gasteiger partial charge in [0, 0.05) is 41.2 Å². The molecule has 4 heteroatoms. The molecular weight excluding hydrogens is 328 g/mol. The van der Waals surface area contributed by atoms with Crippen molar-refractivity contribution in [1.29, 1.82) is 0 Å². The second-order valence-electron chi connectivity index (χ2n) is 6.74. The third-order valence-electron chi connectivity index (χ3n) is 5.25. The zero-order chi connectivity index (χ0) is 16.6. The molecule has 5 rings (SSSR count). The molecule has 128 valence electrons. The number of aromatic nitrogens is 1. The van der Waals surface area contributed by atoms with Crippen molar-refractivity contribution >= 4 is 22.7 Å². The van der Waals surface area contributed by atoms with Gasteiger partial charge in [-0.25, -0.2) is 0 Å². The van der Waals surface area contributed by atoms with E-state index in [4.69, 9.17) is 4.74 Å². The van der Waals surface area contributed by atoms with Crippen LogP contribution in [0, 0.1) is 0 Å². The Labute approximate surface area is 152 Å².